The summed E-state index contributed by atoms with van der Waals surface area (Å²) in [5, 5.41) is 6.79. The maximum absolute atomic E-state index is 5.91. The van der Waals surface area contributed by atoms with Gasteiger partial charge in [0.2, 0.25) is 0 Å². The lowest BCUT2D eigenvalue weighted by Gasteiger charge is -2.18. The number of hydrogen-bond acceptors (Lipinski definition) is 4. The number of aliphatic imine (C=N–C) groups is 1. The first kappa shape index (κ1) is 24.2. The number of aromatic nitrogens is 1. The van der Waals surface area contributed by atoms with E-state index < -0.39 is 0 Å². The van der Waals surface area contributed by atoms with Crippen molar-refractivity contribution in [3.8, 4) is 5.75 Å². The van der Waals surface area contributed by atoms with Crippen molar-refractivity contribution < 1.29 is 4.74 Å². The normalized spacial score (nSPS) is 13.7. The fourth-order valence-corrected chi connectivity index (χ4v) is 3.43. The molecule has 1 saturated heterocycles. The minimum Gasteiger partial charge on any atom is -0.493 e. The number of benzene rings is 1. The van der Waals surface area contributed by atoms with Crippen molar-refractivity contribution in [2.75, 3.05) is 31.6 Å². The molecule has 1 aromatic heterocycles. The van der Waals surface area contributed by atoms with Crippen molar-refractivity contribution in [1.29, 1.82) is 0 Å². The first-order valence-corrected chi connectivity index (χ1v) is 10.6. The van der Waals surface area contributed by atoms with Gasteiger partial charge in [-0.25, -0.2) is 4.98 Å². The second-order valence-corrected chi connectivity index (χ2v) is 7.46. The first-order valence-electron chi connectivity index (χ1n) is 10.6. The average molecular weight is 523 g/mol. The Morgan fingerprint density at radius 1 is 1.13 bits per heavy atom. The Balaban J connectivity index is 0.00000320. The predicted molar refractivity (Wildman–Crippen MR) is 135 cm³/mol. The first-order chi connectivity index (χ1) is 14.2. The summed E-state index contributed by atoms with van der Waals surface area (Å²) in [7, 11) is 1.79. The number of hydrogen-bond donors (Lipinski definition) is 2. The van der Waals surface area contributed by atoms with Crippen molar-refractivity contribution in [2.24, 2.45) is 4.99 Å². The molecule has 0 atom stereocenters. The highest BCUT2D eigenvalue weighted by atomic mass is 127. The third-order valence-corrected chi connectivity index (χ3v) is 5.05. The summed E-state index contributed by atoms with van der Waals surface area (Å²) in [6, 6.07) is 10.5. The van der Waals surface area contributed by atoms with E-state index in [9.17, 15) is 0 Å². The van der Waals surface area contributed by atoms with Crippen LogP contribution < -0.4 is 20.3 Å². The molecule has 0 spiro atoms. The largest absolute Gasteiger partial charge is 0.493 e. The van der Waals surface area contributed by atoms with Gasteiger partial charge in [-0.05, 0) is 55.5 Å². The van der Waals surface area contributed by atoms with Crippen LogP contribution in [0.3, 0.4) is 0 Å². The molecule has 3 rings (SSSR count). The molecule has 6 nitrogen and oxygen atoms in total. The molecule has 0 bridgehead atoms. The number of guanidine groups is 1. The molecular weight excluding hydrogens is 489 g/mol. The quantitative estimate of drug-likeness (QED) is 0.308. The highest BCUT2D eigenvalue weighted by Gasteiger charge is 2.13. The lowest BCUT2D eigenvalue weighted by Crippen LogP contribution is -2.36. The maximum Gasteiger partial charge on any atom is 0.191 e. The Bertz CT molecular complexity index is 821. The van der Waals surface area contributed by atoms with Crippen LogP contribution in [0.4, 0.5) is 5.82 Å². The van der Waals surface area contributed by atoms with Gasteiger partial charge in [0.1, 0.15) is 11.6 Å². The average Bonchev–Trinajstić information content (AvgIpc) is 3.28. The summed E-state index contributed by atoms with van der Waals surface area (Å²) in [5.41, 5.74) is 3.54. The molecule has 0 aliphatic carbocycles. The minimum absolute atomic E-state index is 0. The lowest BCUT2D eigenvalue weighted by molar-refractivity contribution is 0.313. The highest BCUT2D eigenvalue weighted by molar-refractivity contribution is 14.0. The number of ether oxygens (including phenoxy) is 1. The SMILES string of the molecule is CCCOc1cc(C)ccc1CNC(=NC)NCc1ccnc(N2CCCC2)c1.I. The van der Waals surface area contributed by atoms with E-state index in [0.717, 1.165) is 49.2 Å². The molecule has 2 aromatic rings. The fourth-order valence-electron chi connectivity index (χ4n) is 3.43. The number of pyridine rings is 1. The Morgan fingerprint density at radius 3 is 2.63 bits per heavy atom. The zero-order valence-corrected chi connectivity index (χ0v) is 20.6. The molecule has 0 unspecified atom stereocenters. The summed E-state index contributed by atoms with van der Waals surface area (Å²) >= 11 is 0. The van der Waals surface area contributed by atoms with E-state index in [1.807, 2.05) is 6.20 Å². The molecular formula is C23H34IN5O. The number of aryl methyl sites for hydroxylation is 1. The third kappa shape index (κ3) is 7.04. The van der Waals surface area contributed by atoms with Gasteiger partial charge in [0.05, 0.1) is 6.61 Å². The second kappa shape index (κ2) is 12.6. The van der Waals surface area contributed by atoms with E-state index >= 15 is 0 Å². The Kier molecular flexibility index (Phi) is 10.2. The molecule has 7 heteroatoms. The Hall–Kier alpha value is -2.03. The molecule has 1 aliphatic rings. The number of nitrogens with zero attached hydrogens (tertiary/aromatic N) is 3. The molecule has 30 heavy (non-hydrogen) atoms. The highest BCUT2D eigenvalue weighted by Crippen LogP contribution is 2.21. The molecule has 2 N–H and O–H groups in total. The van der Waals surface area contributed by atoms with Gasteiger partial charge >= 0.3 is 0 Å². The van der Waals surface area contributed by atoms with Gasteiger partial charge in [0, 0.05) is 45.0 Å². The molecule has 1 aromatic carbocycles. The maximum atomic E-state index is 5.91. The summed E-state index contributed by atoms with van der Waals surface area (Å²) in [6.07, 6.45) is 5.40. The number of nitrogens with one attached hydrogen (secondary N) is 2. The lowest BCUT2D eigenvalue weighted by atomic mass is 10.1. The Labute approximate surface area is 197 Å². The van der Waals surface area contributed by atoms with Crippen molar-refractivity contribution in [1.82, 2.24) is 15.6 Å². The van der Waals surface area contributed by atoms with E-state index in [0.29, 0.717) is 13.1 Å². The summed E-state index contributed by atoms with van der Waals surface area (Å²) in [5.74, 6) is 2.79. The molecule has 0 amide bonds. The molecule has 0 saturated carbocycles. The monoisotopic (exact) mass is 523 g/mol. The molecule has 164 valence electrons. The van der Waals surface area contributed by atoms with E-state index in [4.69, 9.17) is 4.74 Å². The number of halogens is 1. The van der Waals surface area contributed by atoms with Crippen LogP contribution in [-0.2, 0) is 13.1 Å². The number of anilines is 1. The van der Waals surface area contributed by atoms with Crippen molar-refractivity contribution in [2.45, 2.75) is 46.2 Å². The van der Waals surface area contributed by atoms with Crippen molar-refractivity contribution in [3.05, 3.63) is 53.2 Å². The zero-order chi connectivity index (χ0) is 20.5. The molecule has 1 fully saturated rings. The van der Waals surface area contributed by atoms with Crippen LogP contribution >= 0.6 is 24.0 Å². The van der Waals surface area contributed by atoms with Gasteiger partial charge in [-0.3, -0.25) is 4.99 Å². The third-order valence-electron chi connectivity index (χ3n) is 5.05. The second-order valence-electron chi connectivity index (χ2n) is 7.46. The zero-order valence-electron chi connectivity index (χ0n) is 18.3. The van der Waals surface area contributed by atoms with Crippen molar-refractivity contribution >= 4 is 35.8 Å². The van der Waals surface area contributed by atoms with E-state index in [2.05, 4.69) is 69.7 Å². The van der Waals surface area contributed by atoms with Gasteiger partial charge in [0.25, 0.3) is 0 Å². The molecule has 1 aliphatic heterocycles. The molecule has 2 heterocycles. The fraction of sp³-hybridized carbons (Fsp3) is 0.478. The van der Waals surface area contributed by atoms with Gasteiger partial charge in [-0.1, -0.05) is 19.1 Å². The topological polar surface area (TPSA) is 61.8 Å². The van der Waals surface area contributed by atoms with E-state index in [1.165, 1.54) is 24.0 Å². The van der Waals surface area contributed by atoms with Gasteiger partial charge in [0.15, 0.2) is 5.96 Å². The predicted octanol–water partition coefficient (Wildman–Crippen LogP) is 4.26. The Morgan fingerprint density at radius 2 is 1.90 bits per heavy atom. The van der Waals surface area contributed by atoms with Gasteiger partial charge in [-0.2, -0.15) is 0 Å². The van der Waals surface area contributed by atoms with Crippen LogP contribution in [0.25, 0.3) is 0 Å². The van der Waals surface area contributed by atoms with E-state index in [1.54, 1.807) is 7.05 Å². The van der Waals surface area contributed by atoms with Crippen LogP contribution in [0.1, 0.15) is 42.9 Å². The summed E-state index contributed by atoms with van der Waals surface area (Å²) in [4.78, 5) is 11.2. The van der Waals surface area contributed by atoms with Crippen LogP contribution in [0.2, 0.25) is 0 Å². The number of rotatable bonds is 8. The smallest absolute Gasteiger partial charge is 0.191 e. The van der Waals surface area contributed by atoms with Gasteiger partial charge < -0.3 is 20.3 Å². The summed E-state index contributed by atoms with van der Waals surface area (Å²) in [6.45, 7) is 8.50. The van der Waals surface area contributed by atoms with Crippen LogP contribution in [0.15, 0.2) is 41.5 Å². The standard InChI is InChI=1S/C23H33N5O.HI/c1-4-13-29-21-14-18(2)7-8-20(21)17-27-23(24-3)26-16-19-9-10-25-22(15-19)28-11-5-6-12-28;/h7-10,14-15H,4-6,11-13,16-17H2,1-3H3,(H2,24,26,27);1H. The molecule has 0 radical (unpaired) electrons. The van der Waals surface area contributed by atoms with Gasteiger partial charge in [-0.15, -0.1) is 24.0 Å². The van der Waals surface area contributed by atoms with E-state index in [-0.39, 0.29) is 24.0 Å². The van der Waals surface area contributed by atoms with Crippen LogP contribution in [0, 0.1) is 6.92 Å². The summed E-state index contributed by atoms with van der Waals surface area (Å²) < 4.78 is 5.91. The minimum atomic E-state index is 0. The van der Waals surface area contributed by atoms with Crippen LogP contribution in [-0.4, -0.2) is 37.7 Å². The van der Waals surface area contributed by atoms with Crippen LogP contribution in [0.5, 0.6) is 5.75 Å². The van der Waals surface area contributed by atoms with Crippen molar-refractivity contribution in [3.63, 3.8) is 0 Å².